The summed E-state index contributed by atoms with van der Waals surface area (Å²) < 4.78 is 0. The van der Waals surface area contributed by atoms with Crippen molar-refractivity contribution >= 4 is 11.4 Å². The highest BCUT2D eigenvalue weighted by Gasteiger charge is 2.13. The molecule has 1 aliphatic heterocycles. The van der Waals surface area contributed by atoms with E-state index in [9.17, 15) is 10.1 Å². The fourth-order valence-corrected chi connectivity index (χ4v) is 1.94. The Hall–Kier alpha value is -1.75. The summed E-state index contributed by atoms with van der Waals surface area (Å²) in [7, 11) is 0. The summed E-state index contributed by atoms with van der Waals surface area (Å²) >= 11 is 0. The summed E-state index contributed by atoms with van der Waals surface area (Å²) in [5.41, 5.74) is 2.23. The summed E-state index contributed by atoms with van der Waals surface area (Å²) in [6.07, 6.45) is 4.74. The lowest BCUT2D eigenvalue weighted by molar-refractivity contribution is -0.389. The molecule has 0 saturated carbocycles. The van der Waals surface area contributed by atoms with E-state index >= 15 is 0 Å². The van der Waals surface area contributed by atoms with E-state index in [1.165, 1.54) is 11.6 Å². The Balaban J connectivity index is 2.13. The summed E-state index contributed by atoms with van der Waals surface area (Å²) in [4.78, 5) is 16.2. The number of hydrogen-bond donors (Lipinski definition) is 0. The van der Waals surface area contributed by atoms with Gasteiger partial charge >= 0.3 is 5.82 Å². The van der Waals surface area contributed by atoms with E-state index in [2.05, 4.69) is 22.9 Å². The third-order valence-electron chi connectivity index (χ3n) is 3.05. The monoisotopic (exact) mass is 233 g/mol. The molecule has 5 heteroatoms. The predicted octanol–water partition coefficient (Wildman–Crippen LogP) is 2.10. The standard InChI is InChI=1S/C12H15N3O2/c1-2-14-7-5-10(6-8-14)11-3-4-12(13-9-11)15(16)17/h3-5,9H,2,6-8H2,1H3. The van der Waals surface area contributed by atoms with Crippen molar-refractivity contribution in [3.8, 4) is 0 Å². The van der Waals surface area contributed by atoms with Crippen LogP contribution in [0.2, 0.25) is 0 Å². The first-order valence-electron chi connectivity index (χ1n) is 5.73. The minimum atomic E-state index is -0.474. The largest absolute Gasteiger partial charge is 0.363 e. The number of rotatable bonds is 3. The Kier molecular flexibility index (Phi) is 3.49. The molecule has 17 heavy (non-hydrogen) atoms. The Morgan fingerprint density at radius 2 is 2.35 bits per heavy atom. The molecule has 0 amide bonds. The molecule has 0 bridgehead atoms. The molecule has 5 nitrogen and oxygen atoms in total. The maximum absolute atomic E-state index is 10.5. The normalized spacial score (nSPS) is 16.6. The van der Waals surface area contributed by atoms with Crippen molar-refractivity contribution in [2.45, 2.75) is 13.3 Å². The molecule has 1 aromatic rings. The molecule has 0 unspecified atom stereocenters. The highest BCUT2D eigenvalue weighted by atomic mass is 16.6. The van der Waals surface area contributed by atoms with E-state index in [1.54, 1.807) is 12.3 Å². The number of hydrogen-bond acceptors (Lipinski definition) is 4. The van der Waals surface area contributed by atoms with E-state index in [4.69, 9.17) is 0 Å². The molecule has 90 valence electrons. The van der Waals surface area contributed by atoms with Crippen LogP contribution in [-0.4, -0.2) is 34.4 Å². The van der Waals surface area contributed by atoms with Gasteiger partial charge in [0.15, 0.2) is 0 Å². The average Bonchev–Trinajstić information content (AvgIpc) is 2.39. The van der Waals surface area contributed by atoms with Crippen molar-refractivity contribution in [3.63, 3.8) is 0 Å². The summed E-state index contributed by atoms with van der Waals surface area (Å²) in [5, 5.41) is 10.5. The van der Waals surface area contributed by atoms with Gasteiger partial charge in [-0.2, -0.15) is 0 Å². The van der Waals surface area contributed by atoms with E-state index in [0.717, 1.165) is 31.6 Å². The van der Waals surface area contributed by atoms with Gasteiger partial charge in [-0.05, 0) is 34.5 Å². The third-order valence-corrected chi connectivity index (χ3v) is 3.05. The second-order valence-electron chi connectivity index (χ2n) is 4.03. The fraction of sp³-hybridized carbons (Fsp3) is 0.417. The Morgan fingerprint density at radius 1 is 1.53 bits per heavy atom. The fourth-order valence-electron chi connectivity index (χ4n) is 1.94. The van der Waals surface area contributed by atoms with E-state index < -0.39 is 4.92 Å². The quantitative estimate of drug-likeness (QED) is 0.592. The highest BCUT2D eigenvalue weighted by Crippen LogP contribution is 2.22. The molecule has 0 N–H and O–H groups in total. The van der Waals surface area contributed by atoms with Crippen LogP contribution in [0.4, 0.5) is 5.82 Å². The highest BCUT2D eigenvalue weighted by molar-refractivity contribution is 5.66. The summed E-state index contributed by atoms with van der Waals surface area (Å²) in [6, 6.07) is 3.24. The van der Waals surface area contributed by atoms with Gasteiger partial charge in [-0.25, -0.2) is 0 Å². The molecular weight excluding hydrogens is 218 g/mol. The number of likely N-dealkylation sites (N-methyl/N-ethyl adjacent to an activating group) is 1. The van der Waals surface area contributed by atoms with Gasteiger partial charge in [0.25, 0.3) is 0 Å². The van der Waals surface area contributed by atoms with Crippen LogP contribution in [-0.2, 0) is 0 Å². The maximum atomic E-state index is 10.5. The first-order valence-corrected chi connectivity index (χ1v) is 5.73. The molecule has 0 saturated heterocycles. The molecule has 1 aliphatic rings. The van der Waals surface area contributed by atoms with Crippen molar-refractivity contribution in [1.82, 2.24) is 9.88 Å². The van der Waals surface area contributed by atoms with Crippen LogP contribution in [0.5, 0.6) is 0 Å². The van der Waals surface area contributed by atoms with Crippen molar-refractivity contribution < 1.29 is 4.92 Å². The van der Waals surface area contributed by atoms with Crippen LogP contribution >= 0.6 is 0 Å². The lowest BCUT2D eigenvalue weighted by Gasteiger charge is -2.24. The first-order chi connectivity index (χ1) is 8.20. The number of nitro groups is 1. The Bertz CT molecular complexity index is 440. The lowest BCUT2D eigenvalue weighted by atomic mass is 10.0. The first kappa shape index (κ1) is 11.7. The van der Waals surface area contributed by atoms with Crippen LogP contribution in [0.3, 0.4) is 0 Å². The minimum Gasteiger partial charge on any atom is -0.358 e. The lowest BCUT2D eigenvalue weighted by Crippen LogP contribution is -2.28. The van der Waals surface area contributed by atoms with Gasteiger partial charge in [-0.15, -0.1) is 0 Å². The molecule has 2 heterocycles. The SMILES string of the molecule is CCN1CC=C(c2ccc([N+](=O)[O-])nc2)CC1. The van der Waals surface area contributed by atoms with Gasteiger partial charge in [0.1, 0.15) is 6.20 Å². The van der Waals surface area contributed by atoms with Crippen LogP contribution in [0.15, 0.2) is 24.4 Å². The van der Waals surface area contributed by atoms with Gasteiger partial charge in [-0.1, -0.05) is 13.0 Å². The smallest absolute Gasteiger partial charge is 0.358 e. The van der Waals surface area contributed by atoms with Crippen LogP contribution in [0.1, 0.15) is 18.9 Å². The molecule has 0 radical (unpaired) electrons. The van der Waals surface area contributed by atoms with Crippen LogP contribution < -0.4 is 0 Å². The predicted molar refractivity (Wildman–Crippen MR) is 65.6 cm³/mol. The van der Waals surface area contributed by atoms with Crippen molar-refractivity contribution in [1.29, 1.82) is 0 Å². The number of aromatic nitrogens is 1. The second kappa shape index (κ2) is 5.05. The van der Waals surface area contributed by atoms with Gasteiger partial charge in [0.05, 0.1) is 0 Å². The zero-order chi connectivity index (χ0) is 12.3. The Morgan fingerprint density at radius 3 is 2.82 bits per heavy atom. The molecule has 2 rings (SSSR count). The number of nitrogens with zero attached hydrogens (tertiary/aromatic N) is 3. The van der Waals surface area contributed by atoms with Gasteiger partial charge in [0, 0.05) is 24.7 Å². The number of pyridine rings is 1. The van der Waals surface area contributed by atoms with Crippen LogP contribution in [0.25, 0.3) is 5.57 Å². The minimum absolute atomic E-state index is 0.0969. The molecule has 0 aliphatic carbocycles. The van der Waals surface area contributed by atoms with Gasteiger partial charge in [-0.3, -0.25) is 4.90 Å². The maximum Gasteiger partial charge on any atom is 0.363 e. The van der Waals surface area contributed by atoms with Crippen molar-refractivity contribution in [2.24, 2.45) is 0 Å². The molecule has 0 spiro atoms. The molecule has 0 fully saturated rings. The van der Waals surface area contributed by atoms with E-state index in [1.807, 2.05) is 0 Å². The summed E-state index contributed by atoms with van der Waals surface area (Å²) in [6.45, 7) is 5.19. The zero-order valence-electron chi connectivity index (χ0n) is 9.80. The van der Waals surface area contributed by atoms with Crippen molar-refractivity contribution in [3.05, 3.63) is 40.1 Å². The molecular formula is C12H15N3O2. The zero-order valence-corrected chi connectivity index (χ0v) is 9.80. The van der Waals surface area contributed by atoms with Crippen LogP contribution in [0, 0.1) is 10.1 Å². The molecule has 1 aromatic heterocycles. The van der Waals surface area contributed by atoms with Gasteiger partial charge in [0.2, 0.25) is 0 Å². The molecule has 0 aromatic carbocycles. The molecule has 0 atom stereocenters. The van der Waals surface area contributed by atoms with E-state index in [-0.39, 0.29) is 5.82 Å². The van der Waals surface area contributed by atoms with E-state index in [0.29, 0.717) is 0 Å². The average molecular weight is 233 g/mol. The topological polar surface area (TPSA) is 59.3 Å². The Labute approximate surface area is 99.9 Å². The van der Waals surface area contributed by atoms with Crippen molar-refractivity contribution in [2.75, 3.05) is 19.6 Å². The second-order valence-corrected chi connectivity index (χ2v) is 4.03. The third kappa shape index (κ3) is 2.68. The van der Waals surface area contributed by atoms with Gasteiger partial charge < -0.3 is 10.1 Å². The summed E-state index contributed by atoms with van der Waals surface area (Å²) in [5.74, 6) is -0.0969.